The van der Waals surface area contributed by atoms with Crippen LogP contribution in [0.5, 0.6) is 0 Å². The van der Waals surface area contributed by atoms with E-state index in [1.165, 1.54) is 11.1 Å². The molecule has 1 fully saturated rings. The molecule has 1 atom stereocenters. The summed E-state index contributed by atoms with van der Waals surface area (Å²) >= 11 is 5.45. The van der Waals surface area contributed by atoms with E-state index in [0.29, 0.717) is 6.10 Å². The molecule has 3 rings (SSSR count). The van der Waals surface area contributed by atoms with Crippen molar-refractivity contribution in [1.29, 1.82) is 0 Å². The standard InChI is InChI=1S/C18H19NOS/c21-18(19-13-17-7-4-12-20-17)16-10-8-15(9-11-16)14-5-2-1-3-6-14/h1-3,5-6,8-11,17H,4,7,12-13H2,(H,19,21)/t17-/m1/s1. The molecule has 0 bridgehead atoms. The van der Waals surface area contributed by atoms with Crippen molar-refractivity contribution in [3.8, 4) is 11.1 Å². The Morgan fingerprint density at radius 3 is 2.43 bits per heavy atom. The van der Waals surface area contributed by atoms with Crippen molar-refractivity contribution in [3.05, 3.63) is 60.2 Å². The molecule has 1 heterocycles. The van der Waals surface area contributed by atoms with Gasteiger partial charge in [0.1, 0.15) is 4.99 Å². The van der Waals surface area contributed by atoms with Crippen LogP contribution in [0.3, 0.4) is 0 Å². The largest absolute Gasteiger partial charge is 0.376 e. The highest BCUT2D eigenvalue weighted by molar-refractivity contribution is 7.80. The summed E-state index contributed by atoms with van der Waals surface area (Å²) in [5.41, 5.74) is 3.49. The third-order valence-electron chi connectivity index (χ3n) is 3.77. The molecule has 108 valence electrons. The van der Waals surface area contributed by atoms with Crippen LogP contribution in [0.15, 0.2) is 54.6 Å². The van der Waals surface area contributed by atoms with Crippen molar-refractivity contribution in [1.82, 2.24) is 5.32 Å². The van der Waals surface area contributed by atoms with Crippen molar-refractivity contribution >= 4 is 17.2 Å². The average Bonchev–Trinajstić information content (AvgIpc) is 3.07. The van der Waals surface area contributed by atoms with Gasteiger partial charge in [-0.15, -0.1) is 0 Å². The summed E-state index contributed by atoms with van der Waals surface area (Å²) in [6, 6.07) is 18.7. The summed E-state index contributed by atoms with van der Waals surface area (Å²) in [7, 11) is 0. The Kier molecular flexibility index (Phi) is 4.63. The summed E-state index contributed by atoms with van der Waals surface area (Å²) in [4.78, 5) is 0.796. The van der Waals surface area contributed by atoms with Crippen LogP contribution in [0.1, 0.15) is 18.4 Å². The molecular formula is C18H19NOS. The van der Waals surface area contributed by atoms with Crippen molar-refractivity contribution in [2.75, 3.05) is 13.2 Å². The molecule has 0 spiro atoms. The van der Waals surface area contributed by atoms with E-state index in [1.807, 2.05) is 6.07 Å². The number of hydrogen-bond donors (Lipinski definition) is 1. The molecule has 0 saturated carbocycles. The van der Waals surface area contributed by atoms with E-state index < -0.39 is 0 Å². The van der Waals surface area contributed by atoms with Gasteiger partial charge in [0.05, 0.1) is 6.10 Å². The maximum absolute atomic E-state index is 5.59. The average molecular weight is 297 g/mol. The van der Waals surface area contributed by atoms with Crippen LogP contribution >= 0.6 is 12.2 Å². The first-order valence-corrected chi connectivity index (χ1v) is 7.79. The Labute approximate surface area is 131 Å². The van der Waals surface area contributed by atoms with Crippen LogP contribution in [-0.4, -0.2) is 24.2 Å². The van der Waals surface area contributed by atoms with Crippen molar-refractivity contribution in [3.63, 3.8) is 0 Å². The third kappa shape index (κ3) is 3.69. The number of ether oxygens (including phenoxy) is 1. The molecule has 1 aliphatic rings. The Morgan fingerprint density at radius 2 is 1.76 bits per heavy atom. The zero-order chi connectivity index (χ0) is 14.5. The normalized spacial score (nSPS) is 17.6. The van der Waals surface area contributed by atoms with Gasteiger partial charge in [-0.3, -0.25) is 0 Å². The van der Waals surface area contributed by atoms with Gasteiger partial charge in [0.25, 0.3) is 0 Å². The van der Waals surface area contributed by atoms with Crippen LogP contribution in [0.25, 0.3) is 11.1 Å². The summed E-state index contributed by atoms with van der Waals surface area (Å²) in [5, 5.41) is 3.31. The molecule has 0 aliphatic carbocycles. The molecule has 0 amide bonds. The highest BCUT2D eigenvalue weighted by atomic mass is 32.1. The summed E-state index contributed by atoms with van der Waals surface area (Å²) in [6.07, 6.45) is 2.60. The van der Waals surface area contributed by atoms with Crippen molar-refractivity contribution < 1.29 is 4.74 Å². The van der Waals surface area contributed by atoms with Gasteiger partial charge < -0.3 is 10.1 Å². The fourth-order valence-corrected chi connectivity index (χ4v) is 2.78. The van der Waals surface area contributed by atoms with Gasteiger partial charge in [-0.1, -0.05) is 66.8 Å². The minimum atomic E-state index is 0.312. The molecule has 1 aliphatic heterocycles. The Balaban J connectivity index is 1.62. The van der Waals surface area contributed by atoms with Crippen LogP contribution in [0.4, 0.5) is 0 Å². The summed E-state index contributed by atoms with van der Waals surface area (Å²) < 4.78 is 5.59. The molecule has 2 aromatic rings. The van der Waals surface area contributed by atoms with Gasteiger partial charge in [-0.25, -0.2) is 0 Å². The smallest absolute Gasteiger partial charge is 0.106 e. The van der Waals surface area contributed by atoms with Gasteiger partial charge in [0.15, 0.2) is 0 Å². The maximum Gasteiger partial charge on any atom is 0.106 e. The SMILES string of the molecule is S=C(NC[C@H]1CCCO1)c1ccc(-c2ccccc2)cc1. The fourth-order valence-electron chi connectivity index (χ4n) is 2.56. The molecule has 21 heavy (non-hydrogen) atoms. The predicted molar refractivity (Wildman–Crippen MR) is 90.6 cm³/mol. The minimum Gasteiger partial charge on any atom is -0.376 e. The third-order valence-corrected chi connectivity index (χ3v) is 4.15. The van der Waals surface area contributed by atoms with Gasteiger partial charge in [0, 0.05) is 18.7 Å². The van der Waals surface area contributed by atoms with Crippen molar-refractivity contribution in [2.24, 2.45) is 0 Å². The van der Waals surface area contributed by atoms with Crippen LogP contribution < -0.4 is 5.32 Å². The van der Waals surface area contributed by atoms with E-state index in [4.69, 9.17) is 17.0 Å². The van der Waals surface area contributed by atoms with Gasteiger partial charge in [-0.05, 0) is 24.0 Å². The Morgan fingerprint density at radius 1 is 1.05 bits per heavy atom. The highest BCUT2D eigenvalue weighted by Crippen LogP contribution is 2.19. The Bertz CT molecular complexity index is 588. The van der Waals surface area contributed by atoms with E-state index in [-0.39, 0.29) is 0 Å². The summed E-state index contributed by atoms with van der Waals surface area (Å²) in [6.45, 7) is 1.68. The molecule has 2 nitrogen and oxygen atoms in total. The van der Waals surface area contributed by atoms with E-state index in [0.717, 1.165) is 36.5 Å². The number of rotatable bonds is 4. The van der Waals surface area contributed by atoms with E-state index in [9.17, 15) is 0 Å². The molecule has 0 unspecified atom stereocenters. The quantitative estimate of drug-likeness (QED) is 0.867. The Hall–Kier alpha value is -1.71. The lowest BCUT2D eigenvalue weighted by Gasteiger charge is -2.13. The molecule has 1 saturated heterocycles. The van der Waals surface area contributed by atoms with Gasteiger partial charge in [-0.2, -0.15) is 0 Å². The minimum absolute atomic E-state index is 0.312. The molecule has 0 aromatic heterocycles. The van der Waals surface area contributed by atoms with Crippen molar-refractivity contribution in [2.45, 2.75) is 18.9 Å². The fraction of sp³-hybridized carbons (Fsp3) is 0.278. The summed E-state index contributed by atoms with van der Waals surface area (Å²) in [5.74, 6) is 0. The van der Waals surface area contributed by atoms with E-state index in [2.05, 4.69) is 53.8 Å². The van der Waals surface area contributed by atoms with Crippen LogP contribution in [0, 0.1) is 0 Å². The van der Waals surface area contributed by atoms with Crippen LogP contribution in [0.2, 0.25) is 0 Å². The second kappa shape index (κ2) is 6.83. The first-order chi connectivity index (χ1) is 10.3. The molecule has 2 aromatic carbocycles. The zero-order valence-electron chi connectivity index (χ0n) is 11.9. The molecule has 0 radical (unpaired) electrons. The number of hydrogen-bond acceptors (Lipinski definition) is 2. The highest BCUT2D eigenvalue weighted by Gasteiger charge is 2.15. The molecule has 3 heteroatoms. The second-order valence-electron chi connectivity index (χ2n) is 5.29. The van der Waals surface area contributed by atoms with Crippen LogP contribution in [-0.2, 0) is 4.74 Å². The lowest BCUT2D eigenvalue weighted by atomic mass is 10.0. The molecule has 1 N–H and O–H groups in total. The first-order valence-electron chi connectivity index (χ1n) is 7.38. The number of benzene rings is 2. The topological polar surface area (TPSA) is 21.3 Å². The second-order valence-corrected chi connectivity index (χ2v) is 5.70. The van der Waals surface area contributed by atoms with E-state index >= 15 is 0 Å². The monoisotopic (exact) mass is 297 g/mol. The predicted octanol–water partition coefficient (Wildman–Crippen LogP) is 3.80. The maximum atomic E-state index is 5.59. The van der Waals surface area contributed by atoms with Gasteiger partial charge in [0.2, 0.25) is 0 Å². The number of thiocarbonyl (C=S) groups is 1. The lowest BCUT2D eigenvalue weighted by Crippen LogP contribution is -2.31. The van der Waals surface area contributed by atoms with E-state index in [1.54, 1.807) is 0 Å². The van der Waals surface area contributed by atoms with Gasteiger partial charge >= 0.3 is 0 Å². The first kappa shape index (κ1) is 14.2. The lowest BCUT2D eigenvalue weighted by molar-refractivity contribution is 0.114. The zero-order valence-corrected chi connectivity index (χ0v) is 12.7. The number of nitrogens with one attached hydrogen (secondary N) is 1. The molecular weight excluding hydrogens is 278 g/mol.